The van der Waals surface area contributed by atoms with Crippen LogP contribution in [0.2, 0.25) is 0 Å². The number of allylic oxidation sites excluding steroid dienone is 1. The van der Waals surface area contributed by atoms with Gasteiger partial charge in [-0.3, -0.25) is 23.9 Å². The fourth-order valence-corrected chi connectivity index (χ4v) is 9.00. The van der Waals surface area contributed by atoms with Gasteiger partial charge in [-0.1, -0.05) is 55.3 Å². The van der Waals surface area contributed by atoms with E-state index in [9.17, 15) is 32.0 Å². The van der Waals surface area contributed by atoms with Crippen LogP contribution in [-0.2, 0) is 29.2 Å². The highest BCUT2D eigenvalue weighted by atomic mass is 32.2. The molecule has 8 rings (SSSR count). The molecule has 16 heteroatoms. The van der Waals surface area contributed by atoms with E-state index >= 15 is 0 Å². The van der Waals surface area contributed by atoms with Crippen LogP contribution in [-0.4, -0.2) is 82.4 Å². The van der Waals surface area contributed by atoms with Crippen molar-refractivity contribution in [2.45, 2.75) is 93.7 Å². The largest absolute Gasteiger partial charge is 0.470 e. The molecule has 1 saturated heterocycles. The molecule has 2 aliphatic carbocycles. The van der Waals surface area contributed by atoms with Gasteiger partial charge in [0.2, 0.25) is 33.3 Å². The number of ether oxygens (including phenoxy) is 1. The summed E-state index contributed by atoms with van der Waals surface area (Å²) >= 11 is 0. The van der Waals surface area contributed by atoms with Crippen LogP contribution in [0.1, 0.15) is 64.7 Å². The summed E-state index contributed by atoms with van der Waals surface area (Å²) in [5, 5.41) is 5.37. The van der Waals surface area contributed by atoms with E-state index in [2.05, 4.69) is 15.4 Å². The SMILES string of the molecule is CC(=O)N[C@H]1CCCCC/C=C\[C@@H]2C[C@@]2(C(=O)NS(=O)(=O)C2CC2)NC(=O)[C@@H]2C[C@@H](Oc3nc(-c4ccccc4)nc4c3oc3ccc(F)cc34)CN2C1=O. The molecule has 4 aliphatic rings. The molecule has 14 nitrogen and oxygen atoms in total. The van der Waals surface area contributed by atoms with Crippen molar-refractivity contribution < 1.29 is 41.1 Å². The normalized spacial score (nSPS) is 26.6. The molecule has 0 radical (unpaired) electrons. The minimum Gasteiger partial charge on any atom is -0.470 e. The zero-order valence-electron chi connectivity index (χ0n) is 30.1. The Morgan fingerprint density at radius 2 is 1.85 bits per heavy atom. The number of nitrogens with zero attached hydrogens (tertiary/aromatic N) is 3. The number of rotatable bonds is 7. The third-order valence-electron chi connectivity index (χ3n) is 10.8. The van der Waals surface area contributed by atoms with Crippen LogP contribution < -0.4 is 20.1 Å². The van der Waals surface area contributed by atoms with Gasteiger partial charge in [0, 0.05) is 30.2 Å². The Hall–Kier alpha value is -5.38. The number of fused-ring (bicyclic) bond motifs is 5. The molecular weight excluding hydrogens is 732 g/mol. The number of benzene rings is 2. The maximum atomic E-state index is 14.4. The highest BCUT2D eigenvalue weighted by molar-refractivity contribution is 7.91. The van der Waals surface area contributed by atoms with Gasteiger partial charge in [0.15, 0.2) is 5.82 Å². The summed E-state index contributed by atoms with van der Waals surface area (Å²) in [5.41, 5.74) is -0.0581. The number of carbonyl (C=O) groups is 4. The summed E-state index contributed by atoms with van der Waals surface area (Å²) in [4.78, 5) is 65.5. The van der Waals surface area contributed by atoms with Gasteiger partial charge in [-0.25, -0.2) is 17.8 Å². The molecule has 3 fully saturated rings. The number of hydrogen-bond donors (Lipinski definition) is 3. The average Bonchev–Trinajstić information content (AvgIpc) is 4.06. The molecule has 2 aromatic heterocycles. The van der Waals surface area contributed by atoms with Crippen LogP contribution in [0.15, 0.2) is 65.1 Å². The minimum absolute atomic E-state index is 0.0213. The van der Waals surface area contributed by atoms with Gasteiger partial charge >= 0.3 is 0 Å². The Morgan fingerprint density at radius 3 is 2.62 bits per heavy atom. The number of nitrogens with one attached hydrogen (secondary N) is 3. The standard InChI is InChI=1S/C39H41FN6O8S/c1-22(47)41-29-13-9-4-2-3-8-12-24-20-39(24,38(50)45-55(51,52)27-15-16-27)44-35(48)30-19-26(21-46(30)37(29)49)53-36-33-32(28-18-25(40)14-17-31(28)54-33)42-34(43-36)23-10-6-5-7-11-23/h5-8,10-12,14,17-18,24,26-27,29-30H,2-4,9,13,15-16,19-21H2,1H3,(H,41,47)(H,44,48)(H,45,50)/b12-8-/t24-,26-,29+,30+,39-/m1/s1. The molecule has 3 N–H and O–H groups in total. The van der Waals surface area contributed by atoms with Crippen molar-refractivity contribution in [2.75, 3.05) is 6.54 Å². The third kappa shape index (κ3) is 7.39. The van der Waals surface area contributed by atoms with Gasteiger partial charge in [0.1, 0.15) is 40.6 Å². The lowest BCUT2D eigenvalue weighted by atomic mass is 10.0. The Labute approximate surface area is 316 Å². The lowest BCUT2D eigenvalue weighted by Gasteiger charge is -2.29. The summed E-state index contributed by atoms with van der Waals surface area (Å²) in [6.45, 7) is 1.23. The molecule has 4 amide bonds. The van der Waals surface area contributed by atoms with E-state index in [0.717, 1.165) is 12.8 Å². The molecule has 288 valence electrons. The van der Waals surface area contributed by atoms with Crippen molar-refractivity contribution >= 4 is 55.7 Å². The van der Waals surface area contributed by atoms with Gasteiger partial charge in [-0.15, -0.1) is 0 Å². The molecule has 2 saturated carbocycles. The van der Waals surface area contributed by atoms with Crippen molar-refractivity contribution in [3.05, 3.63) is 66.5 Å². The summed E-state index contributed by atoms with van der Waals surface area (Å²) in [6, 6.07) is 11.1. The fraction of sp³-hybridized carbons (Fsp3) is 0.436. The maximum Gasteiger partial charge on any atom is 0.262 e. The number of aromatic nitrogens is 2. The third-order valence-corrected chi connectivity index (χ3v) is 12.6. The second-order valence-electron chi connectivity index (χ2n) is 14.9. The predicted octanol–water partition coefficient (Wildman–Crippen LogP) is 4.04. The summed E-state index contributed by atoms with van der Waals surface area (Å²) < 4.78 is 54.9. The first-order chi connectivity index (χ1) is 26.4. The van der Waals surface area contributed by atoms with E-state index in [4.69, 9.17) is 19.1 Å². The highest BCUT2D eigenvalue weighted by Gasteiger charge is 2.62. The van der Waals surface area contributed by atoms with Crippen LogP contribution in [0.3, 0.4) is 0 Å². The topological polar surface area (TPSA) is 190 Å². The molecule has 0 unspecified atom stereocenters. The predicted molar refractivity (Wildman–Crippen MR) is 198 cm³/mol. The Balaban J connectivity index is 1.15. The molecule has 4 heterocycles. The summed E-state index contributed by atoms with van der Waals surface area (Å²) in [6.07, 6.45) is 7.23. The van der Waals surface area contributed by atoms with Crippen LogP contribution in [0.25, 0.3) is 33.5 Å². The molecule has 4 aromatic rings. The van der Waals surface area contributed by atoms with Crippen LogP contribution in [0.4, 0.5) is 4.39 Å². The monoisotopic (exact) mass is 772 g/mol. The van der Waals surface area contributed by atoms with Crippen molar-refractivity contribution in [3.8, 4) is 17.3 Å². The first-order valence-corrected chi connectivity index (χ1v) is 20.2. The zero-order valence-corrected chi connectivity index (χ0v) is 30.9. The molecule has 55 heavy (non-hydrogen) atoms. The van der Waals surface area contributed by atoms with Crippen molar-refractivity contribution in [3.63, 3.8) is 0 Å². The van der Waals surface area contributed by atoms with Crippen LogP contribution in [0, 0.1) is 11.7 Å². The number of hydrogen-bond acceptors (Lipinski definition) is 10. The Morgan fingerprint density at radius 1 is 1.05 bits per heavy atom. The van der Waals surface area contributed by atoms with Gasteiger partial charge in [0.05, 0.1) is 11.8 Å². The van der Waals surface area contributed by atoms with Crippen molar-refractivity contribution in [1.82, 2.24) is 30.2 Å². The van der Waals surface area contributed by atoms with Crippen LogP contribution >= 0.6 is 0 Å². The van der Waals surface area contributed by atoms with E-state index in [1.54, 1.807) is 0 Å². The first kappa shape index (κ1) is 36.6. The van der Waals surface area contributed by atoms with Crippen LogP contribution in [0.5, 0.6) is 5.88 Å². The van der Waals surface area contributed by atoms with E-state index < -0.39 is 74.4 Å². The average molecular weight is 773 g/mol. The number of carbonyl (C=O) groups excluding carboxylic acids is 4. The molecule has 2 aromatic carbocycles. The summed E-state index contributed by atoms with van der Waals surface area (Å²) in [7, 11) is -3.91. The Kier molecular flexibility index (Phi) is 9.55. The molecule has 2 aliphatic heterocycles. The zero-order chi connectivity index (χ0) is 38.5. The molecule has 0 spiro atoms. The second-order valence-corrected chi connectivity index (χ2v) is 16.8. The summed E-state index contributed by atoms with van der Waals surface area (Å²) in [5.74, 6) is -3.01. The molecule has 0 bridgehead atoms. The van der Waals surface area contributed by atoms with E-state index in [1.165, 1.54) is 30.0 Å². The first-order valence-electron chi connectivity index (χ1n) is 18.7. The van der Waals surface area contributed by atoms with Gasteiger partial charge in [-0.05, 0) is 56.7 Å². The number of amides is 4. The van der Waals surface area contributed by atoms with E-state index in [0.29, 0.717) is 54.2 Å². The van der Waals surface area contributed by atoms with Gasteiger partial charge in [0.25, 0.3) is 11.8 Å². The fourth-order valence-electron chi connectivity index (χ4n) is 7.64. The van der Waals surface area contributed by atoms with E-state index in [-0.39, 0.29) is 36.7 Å². The lowest BCUT2D eigenvalue weighted by molar-refractivity contribution is -0.142. The Bertz CT molecular complexity index is 2330. The number of halogens is 1. The number of sulfonamides is 1. The minimum atomic E-state index is -3.91. The highest BCUT2D eigenvalue weighted by Crippen LogP contribution is 2.46. The maximum absolute atomic E-state index is 14.4. The van der Waals surface area contributed by atoms with Crippen molar-refractivity contribution in [1.29, 1.82) is 0 Å². The lowest BCUT2D eigenvalue weighted by Crippen LogP contribution is -2.58. The van der Waals surface area contributed by atoms with Gasteiger partial charge in [-0.2, -0.15) is 4.98 Å². The number of furan rings is 1. The van der Waals surface area contributed by atoms with E-state index in [1.807, 2.05) is 42.5 Å². The smallest absolute Gasteiger partial charge is 0.262 e. The second kappa shape index (κ2) is 14.4. The quantitative estimate of drug-likeness (QED) is 0.231. The van der Waals surface area contributed by atoms with Crippen molar-refractivity contribution in [2.24, 2.45) is 5.92 Å². The molecular formula is C39H41FN6O8S. The van der Waals surface area contributed by atoms with Gasteiger partial charge < -0.3 is 24.7 Å². The molecule has 5 atom stereocenters.